The second-order valence-electron chi connectivity index (χ2n) is 5.02. The Morgan fingerprint density at radius 2 is 2.05 bits per heavy atom. The number of aromatic nitrogens is 3. The fraction of sp³-hybridized carbons (Fsp3) is 0.429. The van der Waals surface area contributed by atoms with E-state index in [1.165, 1.54) is 23.3 Å². The van der Waals surface area contributed by atoms with Crippen LogP contribution >= 0.6 is 11.8 Å². The van der Waals surface area contributed by atoms with Gasteiger partial charge in [0, 0.05) is 16.6 Å². The maximum atomic E-state index is 5.88. The third-order valence-electron chi connectivity index (χ3n) is 3.36. The van der Waals surface area contributed by atoms with Gasteiger partial charge in [-0.1, -0.05) is 22.9 Å². The van der Waals surface area contributed by atoms with Crippen molar-refractivity contribution in [2.45, 2.75) is 37.1 Å². The van der Waals surface area contributed by atoms with Crippen molar-refractivity contribution >= 4 is 17.6 Å². The van der Waals surface area contributed by atoms with E-state index in [-0.39, 0.29) is 0 Å². The molecule has 0 atom stereocenters. The van der Waals surface area contributed by atoms with Gasteiger partial charge in [-0.15, -0.1) is 16.9 Å². The van der Waals surface area contributed by atoms with Crippen molar-refractivity contribution in [3.8, 4) is 0 Å². The highest BCUT2D eigenvalue weighted by molar-refractivity contribution is 7.99. The molecule has 2 aromatic rings. The van der Waals surface area contributed by atoms with Crippen molar-refractivity contribution in [3.63, 3.8) is 0 Å². The van der Waals surface area contributed by atoms with Gasteiger partial charge < -0.3 is 5.73 Å². The summed E-state index contributed by atoms with van der Waals surface area (Å²) in [5.74, 6) is 2.20. The molecule has 0 aliphatic heterocycles. The molecule has 3 rings (SSSR count). The van der Waals surface area contributed by atoms with Crippen LogP contribution in [-0.4, -0.2) is 20.7 Å². The van der Waals surface area contributed by atoms with Crippen molar-refractivity contribution in [3.05, 3.63) is 35.5 Å². The predicted molar refractivity (Wildman–Crippen MR) is 78.3 cm³/mol. The third-order valence-corrected chi connectivity index (χ3v) is 4.35. The Labute approximate surface area is 117 Å². The first-order valence-electron chi connectivity index (χ1n) is 6.62. The highest BCUT2D eigenvalue weighted by atomic mass is 32.2. The quantitative estimate of drug-likeness (QED) is 0.852. The van der Waals surface area contributed by atoms with E-state index in [1.54, 1.807) is 0 Å². The van der Waals surface area contributed by atoms with E-state index in [0.29, 0.717) is 11.7 Å². The molecule has 4 nitrogen and oxygen atoms in total. The van der Waals surface area contributed by atoms with Crippen LogP contribution in [0.15, 0.2) is 29.2 Å². The van der Waals surface area contributed by atoms with Gasteiger partial charge in [-0.25, -0.2) is 4.68 Å². The number of nitrogens with two attached hydrogens (primary N) is 1. The molecule has 0 amide bonds. The molecule has 1 aromatic carbocycles. The zero-order valence-electron chi connectivity index (χ0n) is 11.0. The van der Waals surface area contributed by atoms with E-state index >= 15 is 0 Å². The smallest absolute Gasteiger partial charge is 0.169 e. The number of hydrogen-bond acceptors (Lipinski definition) is 4. The molecular weight excluding hydrogens is 256 g/mol. The summed E-state index contributed by atoms with van der Waals surface area (Å²) in [7, 11) is 0. The van der Waals surface area contributed by atoms with Crippen LogP contribution in [0, 0.1) is 6.92 Å². The van der Waals surface area contributed by atoms with Gasteiger partial charge >= 0.3 is 0 Å². The number of nitrogen functional groups attached to an aromatic ring is 1. The van der Waals surface area contributed by atoms with Gasteiger partial charge in [0.25, 0.3) is 0 Å². The molecular formula is C14H18N4S. The zero-order valence-corrected chi connectivity index (χ0v) is 11.9. The number of hydrogen-bond donors (Lipinski definition) is 1. The molecule has 1 fully saturated rings. The van der Waals surface area contributed by atoms with Crippen molar-refractivity contribution < 1.29 is 0 Å². The molecule has 0 saturated heterocycles. The van der Waals surface area contributed by atoms with Crippen LogP contribution in [0.1, 0.15) is 30.0 Å². The summed E-state index contributed by atoms with van der Waals surface area (Å²) in [6.45, 7) is 2.98. The summed E-state index contributed by atoms with van der Waals surface area (Å²) in [5.41, 5.74) is 8.32. The summed E-state index contributed by atoms with van der Waals surface area (Å²) >= 11 is 1.84. The van der Waals surface area contributed by atoms with Gasteiger partial charge in [0.1, 0.15) is 0 Å². The largest absolute Gasteiger partial charge is 0.381 e. The molecule has 19 heavy (non-hydrogen) atoms. The van der Waals surface area contributed by atoms with Gasteiger partial charge in [-0.05, 0) is 31.9 Å². The van der Waals surface area contributed by atoms with Gasteiger partial charge in [-0.2, -0.15) is 0 Å². The molecule has 1 aliphatic rings. The van der Waals surface area contributed by atoms with Gasteiger partial charge in [0.2, 0.25) is 0 Å². The highest BCUT2D eigenvalue weighted by Gasteiger charge is 2.30. The minimum Gasteiger partial charge on any atom is -0.381 e. The SMILES string of the molecule is Cc1ccc(SCCn2nnc(N)c2C2CC2)cc1. The molecule has 1 saturated carbocycles. The molecule has 1 aliphatic carbocycles. The fourth-order valence-electron chi connectivity index (χ4n) is 2.16. The summed E-state index contributed by atoms with van der Waals surface area (Å²) in [6.07, 6.45) is 2.45. The van der Waals surface area contributed by atoms with Crippen LogP contribution in [0.5, 0.6) is 0 Å². The second kappa shape index (κ2) is 5.25. The Hall–Kier alpha value is -1.49. The average molecular weight is 274 g/mol. The summed E-state index contributed by atoms with van der Waals surface area (Å²) in [4.78, 5) is 1.30. The molecule has 1 aromatic heterocycles. The summed E-state index contributed by atoms with van der Waals surface area (Å²) in [5, 5.41) is 8.15. The lowest BCUT2D eigenvalue weighted by Crippen LogP contribution is -2.07. The molecule has 0 bridgehead atoms. The number of aryl methyl sites for hydroxylation is 2. The minimum atomic E-state index is 0.597. The molecule has 0 radical (unpaired) electrons. The van der Waals surface area contributed by atoms with E-state index in [1.807, 2.05) is 16.4 Å². The number of anilines is 1. The lowest BCUT2D eigenvalue weighted by atomic mass is 10.2. The topological polar surface area (TPSA) is 56.7 Å². The molecule has 1 heterocycles. The van der Waals surface area contributed by atoms with Crippen LogP contribution in [0.2, 0.25) is 0 Å². The Morgan fingerprint density at radius 1 is 1.32 bits per heavy atom. The van der Waals surface area contributed by atoms with Crippen LogP contribution in [0.25, 0.3) is 0 Å². The maximum Gasteiger partial charge on any atom is 0.169 e. The van der Waals surface area contributed by atoms with Crippen LogP contribution < -0.4 is 5.73 Å². The van der Waals surface area contributed by atoms with Crippen molar-refractivity contribution in [1.82, 2.24) is 15.0 Å². The Morgan fingerprint density at radius 3 is 2.74 bits per heavy atom. The highest BCUT2D eigenvalue weighted by Crippen LogP contribution is 2.41. The Bertz CT molecular complexity index is 557. The third kappa shape index (κ3) is 2.92. The lowest BCUT2D eigenvalue weighted by Gasteiger charge is -2.06. The zero-order chi connectivity index (χ0) is 13.2. The number of benzene rings is 1. The molecule has 0 spiro atoms. The first-order chi connectivity index (χ1) is 9.24. The number of nitrogens with zero attached hydrogens (tertiary/aromatic N) is 3. The predicted octanol–water partition coefficient (Wildman–Crippen LogP) is 2.84. The first-order valence-corrected chi connectivity index (χ1v) is 7.61. The van der Waals surface area contributed by atoms with Crippen molar-refractivity contribution in [2.75, 3.05) is 11.5 Å². The van der Waals surface area contributed by atoms with Crippen molar-refractivity contribution in [1.29, 1.82) is 0 Å². The van der Waals surface area contributed by atoms with Gasteiger partial charge in [0.05, 0.1) is 12.2 Å². The molecule has 5 heteroatoms. The van der Waals surface area contributed by atoms with Crippen LogP contribution in [0.3, 0.4) is 0 Å². The van der Waals surface area contributed by atoms with Gasteiger partial charge in [0.15, 0.2) is 5.82 Å². The van der Waals surface area contributed by atoms with Crippen LogP contribution in [-0.2, 0) is 6.54 Å². The fourth-order valence-corrected chi connectivity index (χ4v) is 2.99. The minimum absolute atomic E-state index is 0.597. The monoisotopic (exact) mass is 274 g/mol. The molecule has 2 N–H and O–H groups in total. The summed E-state index contributed by atoms with van der Waals surface area (Å²) in [6, 6.07) is 8.62. The lowest BCUT2D eigenvalue weighted by molar-refractivity contribution is 0.603. The maximum absolute atomic E-state index is 5.88. The number of rotatable bonds is 5. The van der Waals surface area contributed by atoms with E-state index in [0.717, 1.165) is 18.0 Å². The molecule has 0 unspecified atom stereocenters. The van der Waals surface area contributed by atoms with E-state index in [9.17, 15) is 0 Å². The summed E-state index contributed by atoms with van der Waals surface area (Å²) < 4.78 is 1.98. The van der Waals surface area contributed by atoms with E-state index < -0.39 is 0 Å². The van der Waals surface area contributed by atoms with E-state index in [4.69, 9.17) is 5.73 Å². The van der Waals surface area contributed by atoms with Crippen molar-refractivity contribution in [2.24, 2.45) is 0 Å². The van der Waals surface area contributed by atoms with Gasteiger partial charge in [-0.3, -0.25) is 0 Å². The standard InChI is InChI=1S/C14H18N4S/c1-10-2-6-12(7-3-10)19-9-8-18-13(11-4-5-11)14(15)16-17-18/h2-3,6-7,11H,4-5,8-9,15H2,1H3. The molecule has 100 valence electrons. The Kier molecular flexibility index (Phi) is 3.46. The average Bonchev–Trinajstić information content (AvgIpc) is 3.17. The Balaban J connectivity index is 1.59. The normalized spacial score (nSPS) is 14.8. The van der Waals surface area contributed by atoms with Crippen LogP contribution in [0.4, 0.5) is 5.82 Å². The van der Waals surface area contributed by atoms with E-state index in [2.05, 4.69) is 41.5 Å². The second-order valence-corrected chi connectivity index (χ2v) is 6.19. The number of thioether (sulfide) groups is 1. The first kappa shape index (κ1) is 12.5.